The van der Waals surface area contributed by atoms with E-state index in [1.807, 2.05) is 0 Å². The summed E-state index contributed by atoms with van der Waals surface area (Å²) in [5.41, 5.74) is -1.41. The molecule has 0 aromatic carbocycles. The van der Waals surface area contributed by atoms with Crippen molar-refractivity contribution in [3.05, 3.63) is 0 Å². The van der Waals surface area contributed by atoms with E-state index in [-0.39, 0.29) is 337 Å². The molecular weight excluding hydrogens is 1520 g/mol. The third-order valence-electron chi connectivity index (χ3n) is 17.6. The van der Waals surface area contributed by atoms with Gasteiger partial charge in [0.2, 0.25) is 47.3 Å². The van der Waals surface area contributed by atoms with Crippen molar-refractivity contribution in [2.24, 2.45) is 0 Å². The summed E-state index contributed by atoms with van der Waals surface area (Å²) in [5, 5.41) is 83.4. The van der Waals surface area contributed by atoms with Crippen LogP contribution in [0.5, 0.6) is 0 Å². The van der Waals surface area contributed by atoms with Gasteiger partial charge in [-0.25, -0.2) is 0 Å². The van der Waals surface area contributed by atoms with Gasteiger partial charge < -0.3 is 168 Å². The lowest BCUT2D eigenvalue weighted by atomic mass is 9.92. The number of hydrogen-bond donors (Lipinski definition) is 14. The van der Waals surface area contributed by atoms with Gasteiger partial charge in [0.05, 0.1) is 262 Å². The first-order chi connectivity index (χ1) is 55.1. The molecule has 4 fully saturated rings. The molecule has 42 heteroatoms. The molecule has 0 spiro atoms. The van der Waals surface area contributed by atoms with E-state index in [9.17, 15) is 69.0 Å². The maximum absolute atomic E-state index is 13.9. The number of aliphatic hydroxyl groups is 6. The fourth-order valence-electron chi connectivity index (χ4n) is 11.3. The van der Waals surface area contributed by atoms with Crippen LogP contribution in [0.4, 0.5) is 0 Å². The van der Waals surface area contributed by atoms with Gasteiger partial charge in [0.1, 0.15) is 60.5 Å². The van der Waals surface area contributed by atoms with Gasteiger partial charge in [-0.2, -0.15) is 0 Å². The molecule has 8 amide bonds. The van der Waals surface area contributed by atoms with Crippen LogP contribution in [0.1, 0.15) is 65.7 Å². The number of nitrogens with one attached hydrogen (secondary N) is 8. The first-order valence-corrected chi connectivity index (χ1v) is 39.1. The number of hydrogen-bond acceptors (Lipinski definition) is 34. The van der Waals surface area contributed by atoms with E-state index in [2.05, 4.69) is 42.5 Å². The average Bonchev–Trinajstić information content (AvgIpc) is 0.845. The van der Waals surface area contributed by atoms with E-state index in [4.69, 9.17) is 94.7 Å². The number of aliphatic hydroxyl groups excluding tert-OH is 6. The summed E-state index contributed by atoms with van der Waals surface area (Å²) in [7, 11) is 1.55. The average molecular weight is 1650 g/mol. The number of ether oxygens (including phenoxy) is 20. The molecule has 14 N–H and O–H groups in total. The van der Waals surface area contributed by atoms with Crippen LogP contribution in [-0.2, 0) is 133 Å². The van der Waals surface area contributed by atoms with Crippen molar-refractivity contribution in [2.45, 2.75) is 157 Å². The van der Waals surface area contributed by atoms with E-state index in [1.165, 1.54) is 20.8 Å². The van der Waals surface area contributed by atoms with Crippen LogP contribution in [0.25, 0.3) is 0 Å². The highest BCUT2D eigenvalue weighted by Crippen LogP contribution is 2.27. The van der Waals surface area contributed by atoms with Crippen LogP contribution in [0.2, 0.25) is 0 Å². The Bertz CT molecular complexity index is 2380. The fourth-order valence-corrected chi connectivity index (χ4v) is 11.3. The predicted molar refractivity (Wildman–Crippen MR) is 396 cm³/mol. The zero-order valence-electron chi connectivity index (χ0n) is 66.5. The number of carbonyl (C=O) groups is 8. The molecule has 12 atom stereocenters. The normalized spacial score (nSPS) is 23.6. The molecule has 662 valence electrons. The molecule has 114 heavy (non-hydrogen) atoms. The molecule has 3 aliphatic heterocycles. The van der Waals surface area contributed by atoms with Gasteiger partial charge >= 0.3 is 0 Å². The molecule has 0 radical (unpaired) electrons. The van der Waals surface area contributed by atoms with Crippen LogP contribution in [0.15, 0.2) is 0 Å². The highest BCUT2D eigenvalue weighted by molar-refractivity contribution is 5.78. The largest absolute Gasteiger partial charge is 0.388 e. The number of amides is 8. The van der Waals surface area contributed by atoms with Crippen molar-refractivity contribution in [3.8, 4) is 0 Å². The van der Waals surface area contributed by atoms with E-state index in [0.717, 1.165) is 0 Å². The second-order valence-electron chi connectivity index (χ2n) is 27.1. The summed E-state index contributed by atoms with van der Waals surface area (Å²) in [6.07, 6.45) is -8.71. The summed E-state index contributed by atoms with van der Waals surface area (Å²) in [5.74, 6) is -2.66. The molecule has 1 saturated carbocycles. The van der Waals surface area contributed by atoms with Crippen LogP contribution in [0.3, 0.4) is 0 Å². The molecule has 0 aromatic rings. The smallest absolute Gasteiger partial charge is 0.222 e. The second kappa shape index (κ2) is 62.8. The molecule has 1 aliphatic carbocycles. The van der Waals surface area contributed by atoms with Crippen molar-refractivity contribution < 1.29 is 164 Å². The lowest BCUT2D eigenvalue weighted by Gasteiger charge is -2.37. The van der Waals surface area contributed by atoms with Crippen molar-refractivity contribution in [1.82, 2.24) is 42.5 Å². The Balaban J connectivity index is 1.17. The van der Waals surface area contributed by atoms with Gasteiger partial charge in [-0.15, -0.1) is 0 Å². The molecular formula is C72H130N8O34. The Morgan fingerprint density at radius 3 is 0.842 bits per heavy atom. The van der Waals surface area contributed by atoms with E-state index >= 15 is 0 Å². The molecule has 42 nitrogen and oxygen atoms in total. The standard InChI is InChI=1S/C72H130N8O34/c1-50(81)77-55-41-112-58(69(92)66(55)89)44-104-36-33-101-30-27-98-24-21-95-18-10-74-62(85)5-13-107-47-72(80-65(88)9-17-111-54-39-53(40-54)110-16-8-61(84)73-4,48-108-14-6-63(86)75-11-19-96-22-25-99-28-31-102-34-37-105-45-59-70(93)67(90)56(42-113-59)78-51(2)82)49-109-15-7-64(87)76-12-20-97-23-26-100-29-32-103-35-38-106-46-60-71(94)68(91)57(43-114-60)79-52(3)83/h53-60,66-71,89-94H,5-49H2,1-4H3,(H,73,84)(H,74,85)(H,75,86)(H,76,87)(H,77,81)(H,78,82)(H,79,83)(H,80,88)/t53?,54?,55-,56-,57-,58-,59-,60-,66-,67-,68-,69+,70+,71+/m1/s1. The quantitative estimate of drug-likeness (QED) is 0.0252. The predicted octanol–water partition coefficient (Wildman–Crippen LogP) is -7.42. The zero-order valence-corrected chi connectivity index (χ0v) is 66.5. The minimum atomic E-state index is -1.41. The van der Waals surface area contributed by atoms with Crippen molar-refractivity contribution in [2.75, 3.05) is 258 Å². The van der Waals surface area contributed by atoms with Crippen molar-refractivity contribution >= 4 is 47.3 Å². The Labute approximate surface area is 665 Å². The first-order valence-electron chi connectivity index (χ1n) is 39.1. The van der Waals surface area contributed by atoms with Gasteiger partial charge in [0.15, 0.2) is 0 Å². The molecule has 0 unspecified atom stereocenters. The van der Waals surface area contributed by atoms with Crippen LogP contribution >= 0.6 is 0 Å². The molecule has 0 bridgehead atoms. The van der Waals surface area contributed by atoms with E-state index in [0.29, 0.717) is 12.8 Å². The molecule has 4 aliphatic rings. The second-order valence-corrected chi connectivity index (χ2v) is 27.1. The first kappa shape index (κ1) is 101. The third-order valence-corrected chi connectivity index (χ3v) is 17.6. The highest BCUT2D eigenvalue weighted by atomic mass is 16.6. The van der Waals surface area contributed by atoms with Crippen molar-refractivity contribution in [3.63, 3.8) is 0 Å². The van der Waals surface area contributed by atoms with Gasteiger partial charge in [0.25, 0.3) is 0 Å². The minimum absolute atomic E-state index is 0.0224. The number of carbonyl (C=O) groups excluding carboxylic acids is 8. The van der Waals surface area contributed by atoms with E-state index in [1.54, 1.807) is 7.05 Å². The van der Waals surface area contributed by atoms with Gasteiger partial charge in [-0.05, 0) is 12.8 Å². The van der Waals surface area contributed by atoms with Gasteiger partial charge in [0, 0.05) is 79.6 Å². The summed E-state index contributed by atoms with van der Waals surface area (Å²) in [6.45, 7) is 9.15. The molecule has 3 saturated heterocycles. The molecule has 4 rings (SSSR count). The third kappa shape index (κ3) is 46.8. The van der Waals surface area contributed by atoms with Gasteiger partial charge in [-0.1, -0.05) is 0 Å². The van der Waals surface area contributed by atoms with Crippen LogP contribution < -0.4 is 42.5 Å². The van der Waals surface area contributed by atoms with E-state index < -0.39 is 84.5 Å². The maximum Gasteiger partial charge on any atom is 0.222 e. The summed E-state index contributed by atoms with van der Waals surface area (Å²) in [6, 6.07) is -2.15. The lowest BCUT2D eigenvalue weighted by Crippen LogP contribution is -2.59. The fraction of sp³-hybridized carbons (Fsp3) is 0.889. The monoisotopic (exact) mass is 1650 g/mol. The van der Waals surface area contributed by atoms with Crippen LogP contribution in [-0.4, -0.2) is 427 Å². The minimum Gasteiger partial charge on any atom is -0.388 e. The SMILES string of the molecule is CNC(=O)CCOC1CC(OCCC(=O)NC(COCCC(=O)NCCOCCOCCOCCOC[C@H]2OC[C@@H](NC(C)=O)[C@@H](O)[C@H]2O)(COCCC(=O)NCCOCCOCCOCCOC[C@H]2OC[C@@H](NC(C)=O)[C@@H](O)[C@H]2O)COCCC(=O)NCCOCCOCCOCCOC[C@H]2OC[C@@H](NC(C)=O)[C@@H](O)[C@H]2O)C1. The molecule has 0 aromatic heterocycles. The van der Waals surface area contributed by atoms with Crippen molar-refractivity contribution in [1.29, 1.82) is 0 Å². The Hall–Kier alpha value is -5.28. The summed E-state index contributed by atoms with van der Waals surface area (Å²) in [4.78, 5) is 98.4. The zero-order chi connectivity index (χ0) is 82.8. The van der Waals surface area contributed by atoms with Crippen LogP contribution in [0, 0.1) is 0 Å². The summed E-state index contributed by atoms with van der Waals surface area (Å²) >= 11 is 0. The topological polar surface area (TPSA) is 539 Å². The lowest BCUT2D eigenvalue weighted by molar-refractivity contribution is -0.171. The van der Waals surface area contributed by atoms with Gasteiger partial charge in [-0.3, -0.25) is 38.4 Å². The Morgan fingerprint density at radius 1 is 0.316 bits per heavy atom. The Morgan fingerprint density at radius 2 is 0.570 bits per heavy atom. The highest BCUT2D eigenvalue weighted by Gasteiger charge is 2.42. The Kier molecular flexibility index (Phi) is 55.7. The number of rotatable bonds is 69. The molecule has 3 heterocycles. The summed E-state index contributed by atoms with van der Waals surface area (Å²) < 4.78 is 113. The maximum atomic E-state index is 13.9.